The van der Waals surface area contributed by atoms with E-state index in [-0.39, 0.29) is 0 Å². The number of nitrogens with one attached hydrogen (secondary N) is 1. The molecule has 0 radical (unpaired) electrons. The first-order chi connectivity index (χ1) is 9.81. The van der Waals surface area contributed by atoms with E-state index >= 15 is 0 Å². The molecule has 6 heteroatoms. The average molecular weight is 270 g/mol. The minimum atomic E-state index is 0.562. The number of hydrogen-bond acceptors (Lipinski definition) is 6. The predicted octanol–water partition coefficient (Wildman–Crippen LogP) is 1.37. The molecule has 104 valence electrons. The molecule has 0 aromatic carbocycles. The molecule has 0 spiro atoms. The Morgan fingerprint density at radius 2 is 1.75 bits per heavy atom. The van der Waals surface area contributed by atoms with Gasteiger partial charge in [-0.25, -0.2) is 15.0 Å². The van der Waals surface area contributed by atoms with E-state index in [1.54, 1.807) is 18.5 Å². The number of piperazine rings is 1. The summed E-state index contributed by atoms with van der Waals surface area (Å²) in [7, 11) is 2.16. The minimum Gasteiger partial charge on any atom is -0.368 e. The summed E-state index contributed by atoms with van der Waals surface area (Å²) in [5.41, 5.74) is 1.16. The number of anilines is 3. The molecule has 0 saturated carbocycles. The van der Waals surface area contributed by atoms with Crippen molar-refractivity contribution in [2.24, 2.45) is 0 Å². The standard InChI is InChI=1S/C14H18N6/c1-19-7-9-20(10-8-19)12-3-4-13(17-11-12)18-14-15-5-2-6-16-14/h2-6,11H,7-10H2,1H3,(H,15,16,17,18). The van der Waals surface area contributed by atoms with Crippen LogP contribution in [0.5, 0.6) is 0 Å². The van der Waals surface area contributed by atoms with E-state index in [0.717, 1.165) is 37.7 Å². The van der Waals surface area contributed by atoms with Crippen molar-refractivity contribution >= 4 is 17.5 Å². The Kier molecular flexibility index (Phi) is 3.73. The molecule has 1 saturated heterocycles. The molecule has 1 fully saturated rings. The van der Waals surface area contributed by atoms with Gasteiger partial charge < -0.3 is 15.1 Å². The Balaban J connectivity index is 1.65. The zero-order valence-electron chi connectivity index (χ0n) is 11.5. The summed E-state index contributed by atoms with van der Waals surface area (Å²) in [6.07, 6.45) is 5.30. The van der Waals surface area contributed by atoms with Gasteiger partial charge in [0, 0.05) is 38.6 Å². The fourth-order valence-electron chi connectivity index (χ4n) is 2.19. The summed E-state index contributed by atoms with van der Waals surface area (Å²) < 4.78 is 0. The Hall–Kier alpha value is -2.21. The average Bonchev–Trinajstić information content (AvgIpc) is 2.50. The van der Waals surface area contributed by atoms with Crippen molar-refractivity contribution in [1.29, 1.82) is 0 Å². The van der Waals surface area contributed by atoms with Gasteiger partial charge in [0.25, 0.3) is 0 Å². The first kappa shape index (κ1) is 12.8. The van der Waals surface area contributed by atoms with Gasteiger partial charge in [0.15, 0.2) is 0 Å². The topological polar surface area (TPSA) is 57.2 Å². The third-order valence-corrected chi connectivity index (χ3v) is 3.42. The lowest BCUT2D eigenvalue weighted by Gasteiger charge is -2.33. The van der Waals surface area contributed by atoms with Crippen LogP contribution in [0.1, 0.15) is 0 Å². The van der Waals surface area contributed by atoms with Gasteiger partial charge in [0.05, 0.1) is 11.9 Å². The number of aromatic nitrogens is 3. The highest BCUT2D eigenvalue weighted by atomic mass is 15.3. The Bertz CT molecular complexity index is 533. The van der Waals surface area contributed by atoms with Gasteiger partial charge in [0.2, 0.25) is 5.95 Å². The van der Waals surface area contributed by atoms with Crippen LogP contribution in [0.2, 0.25) is 0 Å². The van der Waals surface area contributed by atoms with Crippen molar-refractivity contribution in [2.75, 3.05) is 43.4 Å². The first-order valence-electron chi connectivity index (χ1n) is 6.75. The highest BCUT2D eigenvalue weighted by molar-refractivity contribution is 5.53. The van der Waals surface area contributed by atoms with Crippen LogP contribution in [0, 0.1) is 0 Å². The van der Waals surface area contributed by atoms with E-state index in [9.17, 15) is 0 Å². The van der Waals surface area contributed by atoms with Crippen molar-refractivity contribution in [1.82, 2.24) is 19.9 Å². The summed E-state index contributed by atoms with van der Waals surface area (Å²) in [6.45, 7) is 4.29. The normalized spacial score (nSPS) is 16.1. The SMILES string of the molecule is CN1CCN(c2ccc(Nc3ncccn3)nc2)CC1. The van der Waals surface area contributed by atoms with Crippen molar-refractivity contribution in [3.8, 4) is 0 Å². The monoisotopic (exact) mass is 270 g/mol. The Labute approximate surface area is 118 Å². The van der Waals surface area contributed by atoms with E-state index in [0.29, 0.717) is 5.95 Å². The fraction of sp³-hybridized carbons (Fsp3) is 0.357. The van der Waals surface area contributed by atoms with Crippen LogP contribution >= 0.6 is 0 Å². The Morgan fingerprint density at radius 1 is 1.00 bits per heavy atom. The van der Waals surface area contributed by atoms with Gasteiger partial charge in [-0.1, -0.05) is 0 Å². The van der Waals surface area contributed by atoms with Crippen LogP contribution in [0.3, 0.4) is 0 Å². The van der Waals surface area contributed by atoms with Crippen molar-refractivity contribution in [3.63, 3.8) is 0 Å². The molecule has 1 N–H and O–H groups in total. The second-order valence-electron chi connectivity index (χ2n) is 4.89. The molecule has 3 rings (SSSR count). The van der Waals surface area contributed by atoms with Crippen LogP contribution in [-0.2, 0) is 0 Å². The number of pyridine rings is 1. The largest absolute Gasteiger partial charge is 0.368 e. The summed E-state index contributed by atoms with van der Waals surface area (Å²) in [5, 5.41) is 3.08. The van der Waals surface area contributed by atoms with Crippen LogP contribution in [0.4, 0.5) is 17.5 Å². The minimum absolute atomic E-state index is 0.562. The van der Waals surface area contributed by atoms with Gasteiger partial charge in [-0.2, -0.15) is 0 Å². The molecule has 1 aliphatic heterocycles. The third-order valence-electron chi connectivity index (χ3n) is 3.42. The molecule has 20 heavy (non-hydrogen) atoms. The number of likely N-dealkylation sites (N-methyl/N-ethyl adjacent to an activating group) is 1. The molecular weight excluding hydrogens is 252 g/mol. The van der Waals surface area contributed by atoms with Crippen LogP contribution in [0.25, 0.3) is 0 Å². The molecule has 2 aromatic rings. The van der Waals surface area contributed by atoms with Crippen molar-refractivity contribution in [2.45, 2.75) is 0 Å². The fourth-order valence-corrected chi connectivity index (χ4v) is 2.19. The number of rotatable bonds is 3. The molecule has 1 aliphatic rings. The molecule has 6 nitrogen and oxygen atoms in total. The Morgan fingerprint density at radius 3 is 2.40 bits per heavy atom. The third kappa shape index (κ3) is 3.03. The summed E-state index contributed by atoms with van der Waals surface area (Å²) in [5.74, 6) is 1.32. The molecule has 0 amide bonds. The summed E-state index contributed by atoms with van der Waals surface area (Å²) in [6, 6.07) is 5.84. The molecule has 2 aromatic heterocycles. The van der Waals surface area contributed by atoms with Gasteiger partial charge >= 0.3 is 0 Å². The van der Waals surface area contributed by atoms with E-state index in [1.807, 2.05) is 12.3 Å². The summed E-state index contributed by atoms with van der Waals surface area (Å²) in [4.78, 5) is 17.4. The molecule has 0 bridgehead atoms. The predicted molar refractivity (Wildman–Crippen MR) is 79.3 cm³/mol. The van der Waals surface area contributed by atoms with E-state index in [4.69, 9.17) is 0 Å². The van der Waals surface area contributed by atoms with Gasteiger partial charge in [-0.3, -0.25) is 0 Å². The zero-order valence-corrected chi connectivity index (χ0v) is 11.5. The first-order valence-corrected chi connectivity index (χ1v) is 6.75. The van der Waals surface area contributed by atoms with E-state index < -0.39 is 0 Å². The lowest BCUT2D eigenvalue weighted by Crippen LogP contribution is -2.44. The maximum absolute atomic E-state index is 4.42. The molecule has 0 aliphatic carbocycles. The maximum atomic E-state index is 4.42. The van der Waals surface area contributed by atoms with Crippen LogP contribution in [0.15, 0.2) is 36.8 Å². The lowest BCUT2D eigenvalue weighted by atomic mass is 10.3. The van der Waals surface area contributed by atoms with E-state index in [1.165, 1.54) is 0 Å². The zero-order chi connectivity index (χ0) is 13.8. The van der Waals surface area contributed by atoms with Crippen LogP contribution < -0.4 is 10.2 Å². The molecule has 0 unspecified atom stereocenters. The van der Waals surface area contributed by atoms with Crippen molar-refractivity contribution in [3.05, 3.63) is 36.8 Å². The molecule has 3 heterocycles. The quantitative estimate of drug-likeness (QED) is 0.909. The van der Waals surface area contributed by atoms with Crippen molar-refractivity contribution < 1.29 is 0 Å². The second kappa shape index (κ2) is 5.83. The lowest BCUT2D eigenvalue weighted by molar-refractivity contribution is 0.313. The van der Waals surface area contributed by atoms with Gasteiger partial charge in [-0.05, 0) is 25.2 Å². The number of hydrogen-bond donors (Lipinski definition) is 1. The van der Waals surface area contributed by atoms with Gasteiger partial charge in [0.1, 0.15) is 5.82 Å². The maximum Gasteiger partial charge on any atom is 0.228 e. The highest BCUT2D eigenvalue weighted by Gasteiger charge is 2.14. The summed E-state index contributed by atoms with van der Waals surface area (Å²) >= 11 is 0. The van der Waals surface area contributed by atoms with Crippen LogP contribution in [-0.4, -0.2) is 53.1 Å². The number of nitrogens with zero attached hydrogens (tertiary/aromatic N) is 5. The molecule has 0 atom stereocenters. The second-order valence-corrected chi connectivity index (χ2v) is 4.89. The highest BCUT2D eigenvalue weighted by Crippen LogP contribution is 2.17. The molecular formula is C14H18N6. The smallest absolute Gasteiger partial charge is 0.228 e. The van der Waals surface area contributed by atoms with E-state index in [2.05, 4.69) is 43.2 Å². The van der Waals surface area contributed by atoms with Gasteiger partial charge in [-0.15, -0.1) is 0 Å².